The first-order valence-electron chi connectivity index (χ1n) is 9.15. The molecule has 1 saturated heterocycles. The van der Waals surface area contributed by atoms with Gasteiger partial charge in [-0.3, -0.25) is 4.68 Å². The molecule has 2 aromatic rings. The third kappa shape index (κ3) is 4.71. The van der Waals surface area contributed by atoms with E-state index in [1.165, 1.54) is 5.56 Å². The van der Waals surface area contributed by atoms with Crippen LogP contribution in [-0.4, -0.2) is 41.3 Å². The number of methoxy groups -OCH3 is 1. The van der Waals surface area contributed by atoms with Crippen molar-refractivity contribution < 1.29 is 14.6 Å². The minimum Gasteiger partial charge on any atom is -0.386 e. The van der Waals surface area contributed by atoms with E-state index in [4.69, 9.17) is 9.47 Å². The molecule has 1 aromatic heterocycles. The van der Waals surface area contributed by atoms with E-state index in [0.717, 1.165) is 37.2 Å². The maximum atomic E-state index is 10.1. The first-order chi connectivity index (χ1) is 12.5. The van der Waals surface area contributed by atoms with Gasteiger partial charge in [0.1, 0.15) is 6.10 Å². The Balaban J connectivity index is 1.58. The lowest BCUT2D eigenvalue weighted by Gasteiger charge is -2.20. The zero-order valence-electron chi connectivity index (χ0n) is 15.8. The largest absolute Gasteiger partial charge is 0.386 e. The van der Waals surface area contributed by atoms with Crippen LogP contribution in [-0.2, 0) is 28.2 Å². The molecule has 0 spiro atoms. The van der Waals surface area contributed by atoms with Gasteiger partial charge in [-0.1, -0.05) is 24.3 Å². The second-order valence-electron chi connectivity index (χ2n) is 7.35. The first kappa shape index (κ1) is 19.0. The van der Waals surface area contributed by atoms with E-state index >= 15 is 0 Å². The molecular formula is C20H29N3O3. The topological polar surface area (TPSA) is 68.5 Å². The van der Waals surface area contributed by atoms with E-state index in [9.17, 15) is 5.11 Å². The summed E-state index contributed by atoms with van der Waals surface area (Å²) in [5, 5.41) is 18.0. The molecule has 0 amide bonds. The number of nitrogens with one attached hydrogen (secondary N) is 1. The number of aliphatic hydroxyl groups is 1. The Hall–Kier alpha value is -1.73. The van der Waals surface area contributed by atoms with Crippen LogP contribution in [0.4, 0.5) is 0 Å². The van der Waals surface area contributed by atoms with E-state index in [0.29, 0.717) is 6.61 Å². The predicted molar refractivity (Wildman–Crippen MR) is 99.7 cm³/mol. The van der Waals surface area contributed by atoms with E-state index < -0.39 is 5.60 Å². The van der Waals surface area contributed by atoms with Gasteiger partial charge in [-0.05, 0) is 31.4 Å². The fourth-order valence-electron chi connectivity index (χ4n) is 3.24. The van der Waals surface area contributed by atoms with Crippen molar-refractivity contribution in [3.05, 3.63) is 53.3 Å². The second kappa shape index (κ2) is 8.31. The lowest BCUT2D eigenvalue weighted by molar-refractivity contribution is 0.0786. The number of hydrogen-bond donors (Lipinski definition) is 2. The van der Waals surface area contributed by atoms with Crippen LogP contribution in [0.3, 0.4) is 0 Å². The molecule has 1 aliphatic heterocycles. The molecule has 2 atom stereocenters. The normalized spacial score (nSPS) is 20.6. The van der Waals surface area contributed by atoms with Crippen molar-refractivity contribution in [2.24, 2.45) is 0 Å². The quantitative estimate of drug-likeness (QED) is 0.757. The number of nitrogens with zero attached hydrogens (tertiary/aromatic N) is 2. The molecule has 2 heterocycles. The summed E-state index contributed by atoms with van der Waals surface area (Å²) < 4.78 is 12.9. The average molecular weight is 359 g/mol. The fraction of sp³-hybridized carbons (Fsp3) is 0.550. The van der Waals surface area contributed by atoms with E-state index in [-0.39, 0.29) is 12.1 Å². The maximum absolute atomic E-state index is 10.1. The summed E-state index contributed by atoms with van der Waals surface area (Å²) in [6.07, 6.45) is 4.94. The molecule has 0 radical (unpaired) electrons. The van der Waals surface area contributed by atoms with Gasteiger partial charge in [0.25, 0.3) is 0 Å². The molecule has 2 N–H and O–H groups in total. The zero-order chi connectivity index (χ0) is 18.6. The summed E-state index contributed by atoms with van der Waals surface area (Å²) in [7, 11) is 1.69. The predicted octanol–water partition coefficient (Wildman–Crippen LogP) is 2.38. The van der Waals surface area contributed by atoms with Crippen LogP contribution >= 0.6 is 0 Å². The molecule has 26 heavy (non-hydrogen) atoms. The molecule has 0 bridgehead atoms. The summed E-state index contributed by atoms with van der Waals surface area (Å²) in [5.74, 6) is 0. The molecular weight excluding hydrogens is 330 g/mol. The minimum absolute atomic E-state index is 0.0296. The maximum Gasteiger partial charge on any atom is 0.101 e. The van der Waals surface area contributed by atoms with Crippen molar-refractivity contribution in [2.75, 3.05) is 20.3 Å². The Morgan fingerprint density at radius 1 is 1.35 bits per heavy atom. The van der Waals surface area contributed by atoms with Crippen molar-refractivity contribution in [2.45, 2.75) is 51.1 Å². The van der Waals surface area contributed by atoms with Crippen molar-refractivity contribution in [1.29, 1.82) is 0 Å². The summed E-state index contributed by atoms with van der Waals surface area (Å²) in [5.41, 5.74) is 2.42. The van der Waals surface area contributed by atoms with Gasteiger partial charge < -0.3 is 19.9 Å². The number of benzene rings is 1. The molecule has 3 rings (SSSR count). The van der Waals surface area contributed by atoms with Gasteiger partial charge in [-0.2, -0.15) is 5.10 Å². The molecule has 6 nitrogen and oxygen atoms in total. The van der Waals surface area contributed by atoms with Crippen molar-refractivity contribution in [1.82, 2.24) is 15.1 Å². The molecule has 0 saturated carbocycles. The summed E-state index contributed by atoms with van der Waals surface area (Å²) in [6.45, 7) is 6.52. The third-order valence-corrected chi connectivity index (χ3v) is 4.83. The van der Waals surface area contributed by atoms with Crippen LogP contribution in [0.1, 0.15) is 43.1 Å². The van der Waals surface area contributed by atoms with E-state index in [1.54, 1.807) is 21.0 Å². The van der Waals surface area contributed by atoms with Crippen molar-refractivity contribution >= 4 is 0 Å². The number of ether oxygens (including phenoxy) is 2. The minimum atomic E-state index is -0.806. The van der Waals surface area contributed by atoms with Gasteiger partial charge in [-0.15, -0.1) is 0 Å². The van der Waals surface area contributed by atoms with Crippen LogP contribution in [0.15, 0.2) is 36.7 Å². The molecule has 0 unspecified atom stereocenters. The Labute approximate surface area is 155 Å². The first-order valence-corrected chi connectivity index (χ1v) is 9.15. The van der Waals surface area contributed by atoms with Crippen LogP contribution in [0.5, 0.6) is 0 Å². The summed E-state index contributed by atoms with van der Waals surface area (Å²) in [6, 6.07) is 8.37. The fourth-order valence-corrected chi connectivity index (χ4v) is 3.24. The third-order valence-electron chi connectivity index (χ3n) is 4.83. The van der Waals surface area contributed by atoms with Crippen LogP contribution < -0.4 is 5.32 Å². The Kier molecular flexibility index (Phi) is 6.09. The van der Waals surface area contributed by atoms with E-state index in [1.807, 2.05) is 29.2 Å². The van der Waals surface area contributed by atoms with Crippen LogP contribution in [0.2, 0.25) is 0 Å². The van der Waals surface area contributed by atoms with Crippen LogP contribution in [0, 0.1) is 0 Å². The highest BCUT2D eigenvalue weighted by atomic mass is 16.5. The molecule has 142 valence electrons. The highest BCUT2D eigenvalue weighted by molar-refractivity contribution is 5.26. The van der Waals surface area contributed by atoms with Gasteiger partial charge in [0.15, 0.2) is 0 Å². The van der Waals surface area contributed by atoms with Crippen molar-refractivity contribution in [3.8, 4) is 0 Å². The van der Waals surface area contributed by atoms with Gasteiger partial charge >= 0.3 is 0 Å². The smallest absolute Gasteiger partial charge is 0.101 e. The molecule has 1 aliphatic rings. The summed E-state index contributed by atoms with van der Waals surface area (Å²) in [4.78, 5) is 0. The lowest BCUT2D eigenvalue weighted by Crippen LogP contribution is -2.31. The number of aromatic nitrogens is 2. The molecule has 1 aromatic carbocycles. The van der Waals surface area contributed by atoms with Crippen molar-refractivity contribution in [3.63, 3.8) is 0 Å². The highest BCUT2D eigenvalue weighted by Crippen LogP contribution is 2.29. The lowest BCUT2D eigenvalue weighted by atomic mass is 9.97. The number of hydrogen-bond acceptors (Lipinski definition) is 5. The monoisotopic (exact) mass is 359 g/mol. The zero-order valence-corrected chi connectivity index (χ0v) is 15.8. The Morgan fingerprint density at radius 2 is 2.12 bits per heavy atom. The highest BCUT2D eigenvalue weighted by Gasteiger charge is 2.30. The summed E-state index contributed by atoms with van der Waals surface area (Å²) >= 11 is 0. The Bertz CT molecular complexity index is 691. The molecule has 1 fully saturated rings. The van der Waals surface area contributed by atoms with Gasteiger partial charge in [-0.25, -0.2) is 0 Å². The SMILES string of the molecule is COCCn1cc([C@H]2OCC[C@@H]2NCc2ccc(C(C)(C)O)cc2)cn1. The van der Waals surface area contributed by atoms with Crippen LogP contribution in [0.25, 0.3) is 0 Å². The molecule has 0 aliphatic carbocycles. The van der Waals surface area contributed by atoms with Gasteiger partial charge in [0.05, 0.1) is 24.9 Å². The Morgan fingerprint density at radius 3 is 2.81 bits per heavy atom. The van der Waals surface area contributed by atoms with Gasteiger partial charge in [0, 0.05) is 38.1 Å². The number of rotatable bonds is 8. The average Bonchev–Trinajstić information content (AvgIpc) is 3.26. The second-order valence-corrected chi connectivity index (χ2v) is 7.35. The standard InChI is InChI=1S/C20H29N3O3/c1-20(2,24)17-6-4-15(5-7-17)12-21-18-8-10-26-19(18)16-13-22-23(14-16)9-11-25-3/h4-7,13-14,18-19,21,24H,8-12H2,1-3H3/t18-,19+/m0/s1. The van der Waals surface area contributed by atoms with E-state index in [2.05, 4.69) is 22.5 Å². The molecule has 6 heteroatoms. The van der Waals surface area contributed by atoms with Gasteiger partial charge in [0.2, 0.25) is 0 Å².